The number of aliphatic hydroxyl groups is 2. The van der Waals surface area contributed by atoms with Gasteiger partial charge in [-0.2, -0.15) is 8.42 Å². The fourth-order valence-corrected chi connectivity index (χ4v) is 20.0. The first-order chi connectivity index (χ1) is 68.3. The van der Waals surface area contributed by atoms with Gasteiger partial charge in [0, 0.05) is 80.0 Å². The predicted octanol–water partition coefficient (Wildman–Crippen LogP) is 22.9. The lowest BCUT2D eigenvalue weighted by atomic mass is 9.84. The summed E-state index contributed by atoms with van der Waals surface area (Å²) in [5, 5.41) is 32.4. The van der Waals surface area contributed by atoms with Crippen LogP contribution in [0.15, 0.2) is 77.7 Å². The largest absolute Gasteiger partial charge is 0.444 e. The summed E-state index contributed by atoms with van der Waals surface area (Å²) < 4.78 is 56.6. The van der Waals surface area contributed by atoms with Gasteiger partial charge in [-0.15, -0.1) is 0 Å². The van der Waals surface area contributed by atoms with Gasteiger partial charge in [0.05, 0.1) is 51.9 Å². The van der Waals surface area contributed by atoms with Crippen LogP contribution < -0.4 is 32.3 Å². The molecule has 0 unspecified atom stereocenters. The summed E-state index contributed by atoms with van der Waals surface area (Å²) in [6.45, 7) is 34.4. The van der Waals surface area contributed by atoms with Gasteiger partial charge < -0.3 is 80.9 Å². The maximum atomic E-state index is 12.8. The van der Waals surface area contributed by atoms with Crippen LogP contribution in [-0.2, 0) is 33.8 Å². The summed E-state index contributed by atoms with van der Waals surface area (Å²) in [6, 6.07) is 20.0. The second kappa shape index (κ2) is 69.6. The molecular formula is C111H196IN13O19S. The van der Waals surface area contributed by atoms with Gasteiger partial charge in [0.25, 0.3) is 33.7 Å². The number of nitrogens with zero attached hydrogens (tertiary/aromatic N) is 5. The number of likely N-dealkylation sites (N-methyl/N-ethyl adjacent to an activating group) is 6. The van der Waals surface area contributed by atoms with Gasteiger partial charge in [-0.25, -0.2) is 35.0 Å². The number of amides is 9. The van der Waals surface area contributed by atoms with Gasteiger partial charge in [-0.05, 0) is 254 Å². The van der Waals surface area contributed by atoms with Crippen LogP contribution in [0.3, 0.4) is 0 Å². The third-order valence-corrected chi connectivity index (χ3v) is 27.7. The summed E-state index contributed by atoms with van der Waals surface area (Å²) in [7, 11) is 7.40. The lowest BCUT2D eigenvalue weighted by Crippen LogP contribution is -2.48. The molecule has 0 radical (unpaired) electrons. The van der Waals surface area contributed by atoms with Crippen LogP contribution in [0.1, 0.15) is 390 Å². The highest BCUT2D eigenvalue weighted by Gasteiger charge is 2.42. The Labute approximate surface area is 887 Å². The van der Waals surface area contributed by atoms with Crippen LogP contribution in [0, 0.1) is 53.5 Å². The van der Waals surface area contributed by atoms with Crippen molar-refractivity contribution in [2.45, 2.75) is 418 Å². The van der Waals surface area contributed by atoms with Crippen molar-refractivity contribution in [3.05, 3.63) is 101 Å². The summed E-state index contributed by atoms with van der Waals surface area (Å²) in [5.74, 6) is 2.93. The van der Waals surface area contributed by atoms with Crippen molar-refractivity contribution < 1.29 is 91.4 Å². The molecule has 8 aliphatic rings. The molecule has 2 heterocycles. The Hall–Kier alpha value is -7.71. The number of nitrogens with one attached hydrogen (secondary N) is 7. The number of rotatable bonds is 29. The lowest BCUT2D eigenvalue weighted by Gasteiger charge is -2.35. The van der Waals surface area contributed by atoms with Crippen molar-refractivity contribution in [3.63, 3.8) is 0 Å². The minimum absolute atomic E-state index is 0. The minimum atomic E-state index is -4.02. The highest BCUT2D eigenvalue weighted by molar-refractivity contribution is 14.1. The van der Waals surface area contributed by atoms with Crippen LogP contribution in [0.5, 0.6) is 0 Å². The van der Waals surface area contributed by atoms with Crippen LogP contribution >= 0.6 is 22.6 Å². The Balaban J connectivity index is 0.000000858. The highest BCUT2D eigenvalue weighted by Crippen LogP contribution is 2.37. The van der Waals surface area contributed by atoms with E-state index in [0.29, 0.717) is 58.5 Å². The number of carbonyl (C=O) groups is 9. The van der Waals surface area contributed by atoms with E-state index in [1.165, 1.54) is 195 Å². The number of ether oxygens (including phenoxy) is 5. The molecule has 0 aromatic heterocycles. The van der Waals surface area contributed by atoms with Crippen molar-refractivity contribution >= 4 is 86.8 Å². The Morgan fingerprint density at radius 3 is 0.945 bits per heavy atom. The van der Waals surface area contributed by atoms with E-state index in [4.69, 9.17) is 50.1 Å². The zero-order valence-corrected chi connectivity index (χ0v) is 96.2. The molecule has 0 spiro atoms. The molecule has 6 aliphatic carbocycles. The number of hydrogen-bond donors (Lipinski definition) is 11. The van der Waals surface area contributed by atoms with E-state index in [9.17, 15) is 56.7 Å². The van der Waals surface area contributed by atoms with Crippen molar-refractivity contribution in [1.29, 1.82) is 11.1 Å². The molecule has 32 nitrogen and oxygen atoms in total. The van der Waals surface area contributed by atoms with Crippen molar-refractivity contribution in [1.82, 2.24) is 51.1 Å². The fourth-order valence-electron chi connectivity index (χ4n) is 19.5. The molecule has 11 rings (SSSR count). The Kier molecular flexibility index (Phi) is 64.0. The number of halogens is 1. The van der Waals surface area contributed by atoms with E-state index in [-0.39, 0.29) is 98.6 Å². The van der Waals surface area contributed by atoms with Crippen LogP contribution in [-0.4, -0.2) is 259 Å². The van der Waals surface area contributed by atoms with E-state index in [1.54, 1.807) is 96.4 Å². The maximum Gasteiger partial charge on any atom is 0.410 e. The molecule has 0 bridgehead atoms. The van der Waals surface area contributed by atoms with Crippen molar-refractivity contribution in [3.8, 4) is 0 Å². The first-order valence-electron chi connectivity index (χ1n) is 53.6. The highest BCUT2D eigenvalue weighted by atomic mass is 127. The van der Waals surface area contributed by atoms with E-state index in [1.807, 2.05) is 137 Å². The standard InChI is InChI=1S/C23H32N2O4.C22H30N2O4.C16H32N2O2.C15H30N2O2.C14H27NO3.C11H24N2.C7H8O3S.C2H6O.CH3I.H2N2.H2/c1-23(2,3)29-22(28)24(4)17(14-16-10-6-5-7-11-16)15-25-20(26)18-12-8-9-13-19(18)21(25)27;1-22(2,3)28-21(27)23-16(13-15-9-5-4-6-10-15)14-24-19(25)17-11-7-8-12-18(17)20(24)26;1-16(2,3)20-15(19)18(5)14(12-17-4)11-13-9-7-6-8-10-13;1-15(2,3)19-14(18)17(4)13(11-16)10-12-8-6-5-7-9-12;1-14(2,3)18-13(17)15-12(10-16)9-11-7-5-4-6-8-11;1-12-9-11(13-2)8-10-6-4-3-5-7-10;1-6-2-4-7(5-3-6)11(8,9)10;1-2-3;2*1-2;/h8-9,12-13,16-17H,5-7,10-11,14-15H2,1-4H3;7-8,11-12,15-16H,4-6,9-10,13-14H2,1-3H3,(H,23,27);13-14,17H,6-12H2,1-5H3;12-13H,5-11,16H2,1-4H3;11-12,16H,4-10H2,1-3H3,(H,15,17);10-13H,3-9H2,1-2H3;2-5H,1H3,(H,8,9,10);3H,2H2,1H3;1H3;1-2H;1H/t17-;16-;14-;13-;12-;11-;;;;;/m000000...../s1. The molecule has 0 saturated heterocycles. The summed E-state index contributed by atoms with van der Waals surface area (Å²) in [4.78, 5) is 121. The van der Waals surface area contributed by atoms with E-state index < -0.39 is 56.4 Å². The van der Waals surface area contributed by atoms with Crippen LogP contribution in [0.25, 0.3) is 0 Å². The van der Waals surface area contributed by atoms with Gasteiger partial charge in [-0.1, -0.05) is 257 Å². The average Bonchev–Trinajstić information content (AvgIpc) is 1.64. The smallest absolute Gasteiger partial charge is 0.410 e. The first kappa shape index (κ1) is 133. The zero-order valence-electron chi connectivity index (χ0n) is 93.2. The van der Waals surface area contributed by atoms with Crippen molar-refractivity contribution in [2.24, 2.45) is 41.2 Å². The van der Waals surface area contributed by atoms with Gasteiger partial charge in [-0.3, -0.25) is 33.5 Å². The number of imide groups is 2. The monoisotopic (exact) mass is 2170 g/mol. The number of alkyl carbamates (subject to hydrolysis) is 2. The average molecular weight is 2180 g/mol. The Morgan fingerprint density at radius 2 is 0.669 bits per heavy atom. The molecular weight excluding hydrogens is 1980 g/mol. The third kappa shape index (κ3) is 55.1. The number of aliphatic hydroxyl groups excluding tert-OH is 2. The lowest BCUT2D eigenvalue weighted by molar-refractivity contribution is 0.0149. The number of fused-ring (bicyclic) bond motifs is 2. The number of hydrogen-bond acceptors (Lipinski definition) is 24. The van der Waals surface area contributed by atoms with Gasteiger partial charge in [0.1, 0.15) is 28.0 Å². The summed E-state index contributed by atoms with van der Waals surface area (Å²) in [5.41, 5.74) is 16.0. The summed E-state index contributed by atoms with van der Waals surface area (Å²) >= 11 is 2.15. The molecule has 6 fully saturated rings. The second-order valence-electron chi connectivity index (χ2n) is 45.0. The van der Waals surface area contributed by atoms with Gasteiger partial charge in [0.2, 0.25) is 0 Å². The molecule has 9 amide bonds. The zero-order chi connectivity index (χ0) is 109. The number of benzene rings is 3. The number of carbonyl (C=O) groups excluding carboxylic acids is 9. The molecule has 12 N–H and O–H groups in total. The number of alkyl halides is 1. The van der Waals surface area contributed by atoms with E-state index in [0.717, 1.165) is 88.3 Å². The third-order valence-electron chi connectivity index (χ3n) is 26.8. The molecule has 6 atom stereocenters. The second-order valence-corrected chi connectivity index (χ2v) is 46.4. The van der Waals surface area contributed by atoms with E-state index in [2.05, 4.69) is 56.2 Å². The summed E-state index contributed by atoms with van der Waals surface area (Å²) in [6.07, 6.45) is 42.5. The molecule has 34 heteroatoms. The SMILES string of the molecule is CC(C)(C)OC(=O)N[C@@H](CC1CCCCC1)CN1C(=O)c2ccccc2C1=O.CC(C)(C)OC(=O)N[C@H](CO)CC1CCCCC1.CCO.CI.CN(C(=O)OC(C)(C)C)[C@@H](CC1CCCCC1)CN1C(=O)c2ccccc2C1=O.CN(C(=O)OC(C)(C)C)[C@H](CN)CC1CCCCC1.CNC[C@H](CC1CCCCC1)N(C)C(=O)OC(C)(C)C.CNC[C@H](CC1CCCCC1)NC.Cc1ccc(S(=O)(=O)O)cc1.N=N.[HH]. The van der Waals surface area contributed by atoms with Crippen molar-refractivity contribution in [2.75, 3.05) is 93.2 Å². The topological polar surface area (TPSA) is 445 Å². The maximum absolute atomic E-state index is 12.8. The molecule has 832 valence electrons. The van der Waals surface area contributed by atoms with E-state index >= 15 is 0 Å². The van der Waals surface area contributed by atoms with Gasteiger partial charge >= 0.3 is 30.5 Å². The molecule has 2 aliphatic heterocycles. The minimum Gasteiger partial charge on any atom is -0.444 e. The fraction of sp³-hybridized carbons (Fsp3) is 0.757. The van der Waals surface area contributed by atoms with Gasteiger partial charge in [0.15, 0.2) is 0 Å². The molecule has 145 heavy (non-hydrogen) atoms. The Bertz CT molecular complexity index is 4230. The molecule has 6 saturated carbocycles. The predicted molar refractivity (Wildman–Crippen MR) is 589 cm³/mol. The van der Waals surface area contributed by atoms with Crippen LogP contribution in [0.2, 0.25) is 0 Å². The molecule has 3 aromatic carbocycles. The molecule has 3 aromatic rings. The normalized spacial score (nSPS) is 17.8. The number of aryl methyl sites for hydroxylation is 1. The first-order valence-corrected chi connectivity index (χ1v) is 57.2. The van der Waals surface area contributed by atoms with Crippen LogP contribution in [0.4, 0.5) is 24.0 Å². The quantitative estimate of drug-likeness (QED) is 0.00768. The number of nitrogens with two attached hydrogens (primary N) is 1. The Morgan fingerprint density at radius 1 is 0.414 bits per heavy atom.